The van der Waals surface area contributed by atoms with Crippen LogP contribution in [0.5, 0.6) is 0 Å². The minimum atomic E-state index is -0.900. The molecule has 2 nitrogen and oxygen atoms in total. The van der Waals surface area contributed by atoms with Crippen LogP contribution in [-0.2, 0) is 9.47 Å². The van der Waals surface area contributed by atoms with E-state index in [4.69, 9.17) is 9.47 Å². The number of rotatable bonds is 5. The molecule has 11 heavy (non-hydrogen) atoms. The molecule has 0 aliphatic rings. The third kappa shape index (κ3) is 6.74. The van der Waals surface area contributed by atoms with E-state index < -0.39 is 8.07 Å². The fraction of sp³-hybridized carbons (Fsp3) is 1.00. The molecular weight excluding hydrogens is 172 g/mol. The van der Waals surface area contributed by atoms with E-state index in [-0.39, 0.29) is 5.91 Å². The molecule has 0 spiro atoms. The van der Waals surface area contributed by atoms with Gasteiger partial charge in [-0.25, -0.2) is 0 Å². The highest BCUT2D eigenvalue weighted by molar-refractivity contribution is 6.83. The van der Waals surface area contributed by atoms with Crippen LogP contribution in [0.15, 0.2) is 0 Å². The fourth-order valence-electron chi connectivity index (χ4n) is 0.652. The number of methoxy groups -OCH3 is 2. The van der Waals surface area contributed by atoms with Crippen LogP contribution in [0.1, 0.15) is 0 Å². The van der Waals surface area contributed by atoms with E-state index >= 15 is 0 Å². The molecule has 0 N–H and O–H groups in total. The molecule has 0 heterocycles. The molecule has 0 amide bonds. The Labute approximate surface area is 73.1 Å². The first kappa shape index (κ1) is 11.4. The molecule has 0 aromatic heterocycles. The standard InChI is InChI=1S/C7H18O2Si2/c1-8-7(9-2)10-6-11(3,4)5/h7H,6H2,1-5H3. The molecule has 0 unspecified atom stereocenters. The average molecular weight is 190 g/mol. The van der Waals surface area contributed by atoms with Gasteiger partial charge in [0, 0.05) is 22.3 Å². The van der Waals surface area contributed by atoms with Gasteiger partial charge in [0.2, 0.25) is 0 Å². The van der Waals surface area contributed by atoms with Crippen molar-refractivity contribution in [2.45, 2.75) is 31.2 Å². The molecule has 0 atom stereocenters. The first-order chi connectivity index (χ1) is 4.99. The number of hydrogen-bond donors (Lipinski definition) is 0. The van der Waals surface area contributed by atoms with Crippen molar-refractivity contribution in [2.24, 2.45) is 0 Å². The average Bonchev–Trinajstić information content (AvgIpc) is 1.88. The molecular formula is C7H18O2Si2. The quantitative estimate of drug-likeness (QED) is 0.484. The molecule has 2 radical (unpaired) electrons. The van der Waals surface area contributed by atoms with E-state index in [1.54, 1.807) is 14.2 Å². The van der Waals surface area contributed by atoms with Crippen molar-refractivity contribution < 1.29 is 9.47 Å². The maximum absolute atomic E-state index is 5.11. The lowest BCUT2D eigenvalue weighted by Gasteiger charge is -2.18. The summed E-state index contributed by atoms with van der Waals surface area (Å²) in [4.78, 5) is 0. The molecule has 0 rings (SSSR count). The van der Waals surface area contributed by atoms with Gasteiger partial charge in [-0.05, 0) is 0 Å². The van der Waals surface area contributed by atoms with Crippen molar-refractivity contribution >= 4 is 17.6 Å². The second-order valence-corrected chi connectivity index (χ2v) is 11.2. The SMILES string of the molecule is COC(OC)[Si]C[Si](C)(C)C. The zero-order valence-corrected chi connectivity index (χ0v) is 10.1. The molecule has 0 fully saturated rings. The smallest absolute Gasteiger partial charge is 0.136 e. The summed E-state index contributed by atoms with van der Waals surface area (Å²) in [5, 5.41) is 0. The van der Waals surface area contributed by atoms with Crippen LogP contribution in [-0.4, -0.2) is 37.7 Å². The van der Waals surface area contributed by atoms with Crippen LogP contribution in [0, 0.1) is 0 Å². The number of ether oxygens (including phenoxy) is 2. The van der Waals surface area contributed by atoms with Gasteiger partial charge in [-0.1, -0.05) is 25.3 Å². The monoisotopic (exact) mass is 190 g/mol. The van der Waals surface area contributed by atoms with Gasteiger partial charge >= 0.3 is 0 Å². The summed E-state index contributed by atoms with van der Waals surface area (Å²) in [5.74, 6) is 0.0294. The van der Waals surface area contributed by atoms with E-state index in [0.717, 1.165) is 9.52 Å². The molecule has 0 aliphatic heterocycles. The van der Waals surface area contributed by atoms with Crippen LogP contribution < -0.4 is 0 Å². The molecule has 66 valence electrons. The maximum atomic E-state index is 5.11. The van der Waals surface area contributed by atoms with Gasteiger partial charge < -0.3 is 9.47 Å². The minimum Gasteiger partial charge on any atom is -0.360 e. The first-order valence-corrected chi connectivity index (χ1v) is 8.78. The van der Waals surface area contributed by atoms with Crippen molar-refractivity contribution in [1.29, 1.82) is 0 Å². The van der Waals surface area contributed by atoms with Crippen LogP contribution >= 0.6 is 0 Å². The fourth-order valence-corrected chi connectivity index (χ4v) is 4.10. The van der Waals surface area contributed by atoms with Crippen LogP contribution in [0.4, 0.5) is 0 Å². The summed E-state index contributed by atoms with van der Waals surface area (Å²) < 4.78 is 10.2. The Bertz CT molecular complexity index is 97.1. The highest BCUT2D eigenvalue weighted by Gasteiger charge is 2.16. The Morgan fingerprint density at radius 3 is 1.91 bits per heavy atom. The highest BCUT2D eigenvalue weighted by Crippen LogP contribution is 2.07. The van der Waals surface area contributed by atoms with Crippen LogP contribution in [0.25, 0.3) is 0 Å². The molecule has 0 aromatic carbocycles. The van der Waals surface area contributed by atoms with Crippen molar-refractivity contribution in [2.75, 3.05) is 14.2 Å². The third-order valence-corrected chi connectivity index (χ3v) is 7.09. The van der Waals surface area contributed by atoms with Gasteiger partial charge in [0.25, 0.3) is 0 Å². The Balaban J connectivity index is 3.51. The highest BCUT2D eigenvalue weighted by atomic mass is 28.4. The second-order valence-electron chi connectivity index (χ2n) is 3.74. The van der Waals surface area contributed by atoms with Crippen molar-refractivity contribution in [3.05, 3.63) is 0 Å². The van der Waals surface area contributed by atoms with Gasteiger partial charge in [0.05, 0.1) is 0 Å². The largest absolute Gasteiger partial charge is 0.360 e. The molecule has 0 saturated carbocycles. The normalized spacial score (nSPS) is 12.5. The Hall–Kier alpha value is 0.354. The lowest BCUT2D eigenvalue weighted by atomic mass is 11.3. The predicted octanol–water partition coefficient (Wildman–Crippen LogP) is 1.56. The van der Waals surface area contributed by atoms with E-state index in [1.165, 1.54) is 5.67 Å². The summed E-state index contributed by atoms with van der Waals surface area (Å²) in [5.41, 5.74) is 1.29. The van der Waals surface area contributed by atoms with E-state index in [2.05, 4.69) is 19.6 Å². The van der Waals surface area contributed by atoms with Gasteiger partial charge in [-0.3, -0.25) is 0 Å². The zero-order chi connectivity index (χ0) is 8.91. The van der Waals surface area contributed by atoms with E-state index in [9.17, 15) is 0 Å². The molecule has 0 bridgehead atoms. The van der Waals surface area contributed by atoms with E-state index in [1.807, 2.05) is 0 Å². The predicted molar refractivity (Wildman–Crippen MR) is 51.7 cm³/mol. The number of hydrogen-bond acceptors (Lipinski definition) is 2. The van der Waals surface area contributed by atoms with E-state index in [0.29, 0.717) is 0 Å². The van der Waals surface area contributed by atoms with Crippen molar-refractivity contribution in [1.82, 2.24) is 0 Å². The lowest BCUT2D eigenvalue weighted by Crippen LogP contribution is -2.30. The molecule has 4 heteroatoms. The molecule has 0 aromatic rings. The second kappa shape index (κ2) is 5.08. The van der Waals surface area contributed by atoms with Crippen LogP contribution in [0.2, 0.25) is 25.3 Å². The summed E-state index contributed by atoms with van der Waals surface area (Å²) in [6, 6.07) is 0. The Kier molecular flexibility index (Phi) is 5.24. The Morgan fingerprint density at radius 1 is 1.18 bits per heavy atom. The first-order valence-electron chi connectivity index (χ1n) is 3.78. The van der Waals surface area contributed by atoms with Gasteiger partial charge in [0.1, 0.15) is 15.4 Å². The third-order valence-electron chi connectivity index (χ3n) is 1.23. The van der Waals surface area contributed by atoms with Crippen LogP contribution in [0.3, 0.4) is 0 Å². The summed E-state index contributed by atoms with van der Waals surface area (Å²) >= 11 is 0. The Morgan fingerprint density at radius 2 is 1.64 bits per heavy atom. The molecule has 0 aliphatic carbocycles. The summed E-state index contributed by atoms with van der Waals surface area (Å²) in [7, 11) is 3.29. The minimum absolute atomic E-state index is 0.0294. The molecule has 0 saturated heterocycles. The maximum Gasteiger partial charge on any atom is 0.136 e. The van der Waals surface area contributed by atoms with Gasteiger partial charge in [0.15, 0.2) is 0 Å². The van der Waals surface area contributed by atoms with Gasteiger partial charge in [-0.15, -0.1) is 0 Å². The zero-order valence-electron chi connectivity index (χ0n) is 8.10. The topological polar surface area (TPSA) is 18.5 Å². The van der Waals surface area contributed by atoms with Gasteiger partial charge in [-0.2, -0.15) is 0 Å². The van der Waals surface area contributed by atoms with Crippen molar-refractivity contribution in [3.8, 4) is 0 Å². The van der Waals surface area contributed by atoms with Crippen molar-refractivity contribution in [3.63, 3.8) is 0 Å². The lowest BCUT2D eigenvalue weighted by molar-refractivity contribution is -0.0438. The summed E-state index contributed by atoms with van der Waals surface area (Å²) in [6.07, 6.45) is 0. The summed E-state index contributed by atoms with van der Waals surface area (Å²) in [6.45, 7) is 7.09.